The van der Waals surface area contributed by atoms with E-state index in [4.69, 9.17) is 6.42 Å². The third-order valence-corrected chi connectivity index (χ3v) is 20.9. The normalized spacial score (nSPS) is 13.4. The number of hydrogen-bond acceptors (Lipinski definition) is 6. The fourth-order valence-electron chi connectivity index (χ4n) is 6.29. The first-order valence-electron chi connectivity index (χ1n) is 23.5. The number of hydrogen-bond donors (Lipinski definition) is 0. The Morgan fingerprint density at radius 2 is 0.905 bits per heavy atom. The Hall–Kier alpha value is -5.48. The van der Waals surface area contributed by atoms with Gasteiger partial charge in [0.15, 0.2) is 0 Å². The number of benzene rings is 5. The van der Waals surface area contributed by atoms with E-state index in [-0.39, 0.29) is 4.90 Å². The van der Waals surface area contributed by atoms with E-state index >= 15 is 0 Å². The van der Waals surface area contributed by atoms with Crippen LogP contribution in [-0.4, -0.2) is 13.0 Å². The van der Waals surface area contributed by atoms with Crippen molar-refractivity contribution in [3.05, 3.63) is 194 Å². The van der Waals surface area contributed by atoms with Crippen molar-refractivity contribution in [1.82, 2.24) is 0 Å². The maximum absolute atomic E-state index is 12.7. The van der Waals surface area contributed by atoms with Crippen molar-refractivity contribution < 1.29 is 92.5 Å². The second-order valence-electron chi connectivity index (χ2n) is 17.8. The quantitative estimate of drug-likeness (QED) is 0.0659. The molecular formula is C58H56F15IO3S7-2. The Labute approximate surface area is 504 Å². The number of terminal acetylenes is 1. The van der Waals surface area contributed by atoms with Crippen molar-refractivity contribution in [2.75, 3.05) is 0 Å². The van der Waals surface area contributed by atoms with Gasteiger partial charge in [-0.25, -0.2) is 8.42 Å². The topological polar surface area (TPSA) is 57.2 Å². The predicted molar refractivity (Wildman–Crippen MR) is 317 cm³/mol. The molecule has 0 atom stereocenters. The predicted octanol–water partition coefficient (Wildman–Crippen LogP) is 20.8. The van der Waals surface area contributed by atoms with Crippen LogP contribution >= 0.6 is 64.7 Å². The number of thiophene rings is 3. The third-order valence-electron chi connectivity index (χ3n) is 10.2. The van der Waals surface area contributed by atoms with E-state index in [1.807, 2.05) is 78.3 Å². The van der Waals surface area contributed by atoms with Gasteiger partial charge in [-0.15, -0.1) is 29.6 Å². The molecule has 0 aliphatic heterocycles. The van der Waals surface area contributed by atoms with Gasteiger partial charge < -0.3 is 4.55 Å². The Bertz CT molecular complexity index is 3740. The van der Waals surface area contributed by atoms with Gasteiger partial charge in [-0.2, -0.15) is 22.7 Å². The molecule has 0 saturated carbocycles. The molecule has 0 saturated heterocycles. The molecule has 26 heteroatoms. The minimum Gasteiger partial charge on any atom is -0.744 e. The average Bonchev–Trinajstić information content (AvgIpc) is 1.23. The van der Waals surface area contributed by atoms with E-state index in [2.05, 4.69) is 53.4 Å². The van der Waals surface area contributed by atoms with Crippen LogP contribution in [0, 0.1) is 91.6 Å². The van der Waals surface area contributed by atoms with Crippen molar-refractivity contribution in [3.63, 3.8) is 0 Å². The molecule has 3 aromatic heterocycles. The van der Waals surface area contributed by atoms with Crippen LogP contribution < -0.4 is 21.2 Å². The summed E-state index contributed by atoms with van der Waals surface area (Å²) in [5.41, 5.74) is 9.22. The van der Waals surface area contributed by atoms with Crippen LogP contribution in [-0.2, 0) is 10.1 Å². The Balaban J connectivity index is 0.000000358. The van der Waals surface area contributed by atoms with Gasteiger partial charge >= 0.3 is 157 Å². The van der Waals surface area contributed by atoms with E-state index < -0.39 is 76.7 Å². The summed E-state index contributed by atoms with van der Waals surface area (Å²) in [6.07, 6.45) is 4.72. The van der Waals surface area contributed by atoms with Crippen LogP contribution in [0.25, 0.3) is 21.6 Å². The van der Waals surface area contributed by atoms with Crippen LogP contribution in [0.1, 0.15) is 59.7 Å². The molecule has 462 valence electrons. The summed E-state index contributed by atoms with van der Waals surface area (Å²) in [6, 6.07) is 23.1. The Morgan fingerprint density at radius 1 is 0.464 bits per heavy atom. The fraction of sp³-hybridized carbons (Fsp3) is 0.172. The zero-order valence-electron chi connectivity index (χ0n) is 46.1. The van der Waals surface area contributed by atoms with Crippen molar-refractivity contribution in [3.8, 4) is 57.6 Å². The molecule has 0 unspecified atom stereocenters. The summed E-state index contributed by atoms with van der Waals surface area (Å²) in [5.74, 6) is 12.4. The smallest absolute Gasteiger partial charge is 0.310 e. The first-order valence-corrected chi connectivity index (χ1v) is 35.7. The molecule has 0 fully saturated rings. The molecule has 0 N–H and O–H groups in total. The SMILES string of the molecule is C#CC#CC.CC#CC.Cc1cc(C)c([I-]c2ccc(S(F)(F)(F)(F)F)cc2)c(C)c1.Cc1ccc(S(=O)(=O)[O-])cc1.Cc1ccsc1.Cc1csc(-c2ccc(S(F)(F)(F)(F)F)cc2)c1.Cc1cscc1-c1ccc(S(F)(F)(F)(F)F)cc1. The first-order chi connectivity index (χ1) is 37.9. The van der Waals surface area contributed by atoms with Gasteiger partial charge in [0.1, 0.15) is 19.9 Å². The first kappa shape index (κ1) is 74.6. The zero-order chi connectivity index (χ0) is 64.6. The molecule has 0 radical (unpaired) electrons. The average molecular weight is 1440 g/mol. The molecule has 5 aromatic carbocycles. The Kier molecular flexibility index (Phi) is 23.7. The summed E-state index contributed by atoms with van der Waals surface area (Å²) < 4.78 is 221. The van der Waals surface area contributed by atoms with E-state index in [9.17, 15) is 71.3 Å². The minimum atomic E-state index is -9.57. The van der Waals surface area contributed by atoms with Crippen molar-refractivity contribution in [2.45, 2.75) is 88.8 Å². The Morgan fingerprint density at radius 3 is 1.20 bits per heavy atom. The second-order valence-corrected chi connectivity index (χ2v) is 31.7. The van der Waals surface area contributed by atoms with Crippen LogP contribution in [0.5, 0.6) is 0 Å². The molecule has 0 amide bonds. The maximum atomic E-state index is 12.7. The summed E-state index contributed by atoms with van der Waals surface area (Å²) in [4.78, 5) is -4.96. The van der Waals surface area contributed by atoms with E-state index in [1.54, 1.807) is 41.8 Å². The summed E-state index contributed by atoms with van der Waals surface area (Å²) in [5, 5.41) is 9.65. The number of halogens is 16. The molecule has 8 aromatic rings. The largest absolute Gasteiger partial charge is 0.744 e. The molecule has 0 aliphatic rings. The molecule has 0 spiro atoms. The molecule has 0 bridgehead atoms. The molecule has 3 nitrogen and oxygen atoms in total. The summed E-state index contributed by atoms with van der Waals surface area (Å²) >= 11 is 3.79. The molecule has 0 aliphatic carbocycles. The zero-order valence-corrected chi connectivity index (χ0v) is 54.0. The van der Waals surface area contributed by atoms with Crippen molar-refractivity contribution in [1.29, 1.82) is 0 Å². The van der Waals surface area contributed by atoms with Crippen LogP contribution in [0.3, 0.4) is 0 Å². The minimum absolute atomic E-state index is 0.178. The molecule has 8 rings (SSSR count). The van der Waals surface area contributed by atoms with Gasteiger partial charge in [-0.3, -0.25) is 0 Å². The van der Waals surface area contributed by atoms with Gasteiger partial charge in [-0.1, -0.05) is 86.7 Å². The fourth-order valence-corrected chi connectivity index (χ4v) is 13.6. The van der Waals surface area contributed by atoms with Gasteiger partial charge in [0, 0.05) is 4.88 Å². The maximum Gasteiger partial charge on any atom is 0.310 e. The van der Waals surface area contributed by atoms with E-state index in [0.717, 1.165) is 71.7 Å². The molecule has 3 heterocycles. The van der Waals surface area contributed by atoms with Gasteiger partial charge in [0.05, 0.1) is 4.90 Å². The monoisotopic (exact) mass is 1440 g/mol. The second kappa shape index (κ2) is 26.6. The third kappa shape index (κ3) is 26.8. The number of rotatable bonds is 8. The van der Waals surface area contributed by atoms with Crippen molar-refractivity contribution >= 4 is 74.8 Å². The van der Waals surface area contributed by atoms with E-state index in [0.29, 0.717) is 51.1 Å². The van der Waals surface area contributed by atoms with E-state index in [1.165, 1.54) is 52.5 Å². The van der Waals surface area contributed by atoms with Crippen molar-refractivity contribution in [2.24, 2.45) is 0 Å². The number of aryl methyl sites for hydroxylation is 7. The van der Waals surface area contributed by atoms with Crippen LogP contribution in [0.15, 0.2) is 168 Å². The van der Waals surface area contributed by atoms with Gasteiger partial charge in [0.25, 0.3) is 0 Å². The van der Waals surface area contributed by atoms with Crippen LogP contribution in [0.4, 0.5) is 58.3 Å². The van der Waals surface area contributed by atoms with Gasteiger partial charge in [0.2, 0.25) is 0 Å². The summed E-state index contributed by atoms with van der Waals surface area (Å²) in [7, 11) is -32.9. The molecular weight excluding hydrogens is 1380 g/mol. The van der Waals surface area contributed by atoms with Gasteiger partial charge in [-0.05, 0) is 169 Å². The standard InChI is InChI=1S/C15H15F5IS.2C11H9F5S2.C7H8O3S.C5H6S.C5H4.C4H6/c1-10-8-11(2)15(12(3)9-10)21-13-4-6-14(7-5-13)22(16,17,18,19)20;1-8-6-17-7-11(8)9-2-4-10(5-3-9)18(12,13,14,15)16;1-8-6-11(17-7-8)9-2-4-10(5-3-9)18(12,13,14,15)16;1-6-2-4-7(5-3-6)11(8,9)10;1-5-2-3-6-4-5;1-3-5-4-2;1-3-4-2/h4-9H,1-3H3;2*2-7H,1H3;2-5H,1H3,(H,8,9,10);2-4H,1H3;1H,2H3;1-2H3/q-1;;;;;;/p-1. The summed E-state index contributed by atoms with van der Waals surface area (Å²) in [6.45, 7) is 18.8. The molecule has 84 heavy (non-hydrogen) atoms. The van der Waals surface area contributed by atoms with Crippen LogP contribution in [0.2, 0.25) is 0 Å².